The van der Waals surface area contributed by atoms with Crippen molar-refractivity contribution in [3.05, 3.63) is 108 Å². The second-order valence-electron chi connectivity index (χ2n) is 16.2. The molecule has 0 heterocycles. The van der Waals surface area contributed by atoms with E-state index in [2.05, 4.69) is 25.8 Å². The second kappa shape index (κ2) is 30.8. The monoisotopic (exact) mass is 848 g/mol. The molecule has 4 aromatic rings. The highest BCUT2D eigenvalue weighted by molar-refractivity contribution is 5.94. The van der Waals surface area contributed by atoms with Crippen LogP contribution in [0.2, 0.25) is 0 Å². The number of nitrogens with zero attached hydrogens (tertiary/aromatic N) is 1. The van der Waals surface area contributed by atoms with Crippen LogP contribution in [0.4, 0.5) is 5.69 Å². The summed E-state index contributed by atoms with van der Waals surface area (Å²) < 4.78 is 29.5. The van der Waals surface area contributed by atoms with Crippen LogP contribution >= 0.6 is 0 Å². The number of hydrogen-bond acceptors (Lipinski definition) is 8. The maximum Gasteiger partial charge on any atom is 0.343 e. The molecule has 0 aliphatic heterocycles. The van der Waals surface area contributed by atoms with Crippen molar-refractivity contribution in [3.63, 3.8) is 0 Å². The Morgan fingerprint density at radius 2 is 0.774 bits per heavy atom. The molecule has 0 aromatic heterocycles. The topological polar surface area (TPSA) is 92.7 Å². The van der Waals surface area contributed by atoms with E-state index in [0.717, 1.165) is 43.5 Å². The smallest absolute Gasteiger partial charge is 0.343 e. The third kappa shape index (κ3) is 20.2. The zero-order valence-electron chi connectivity index (χ0n) is 38.0. The summed E-state index contributed by atoms with van der Waals surface area (Å²) in [6.07, 6.45) is 27.3. The van der Waals surface area contributed by atoms with Crippen LogP contribution in [0, 0.1) is 0 Å². The molecule has 62 heavy (non-hydrogen) atoms. The lowest BCUT2D eigenvalue weighted by Crippen LogP contribution is -2.13. The zero-order valence-corrected chi connectivity index (χ0v) is 38.0. The number of hydrogen-bond donors (Lipinski definition) is 0. The molecule has 0 aliphatic carbocycles. The van der Waals surface area contributed by atoms with Crippen LogP contribution in [0.25, 0.3) is 0 Å². The summed E-state index contributed by atoms with van der Waals surface area (Å²) in [7, 11) is 0. The molecule has 0 spiro atoms. The van der Waals surface area contributed by atoms with E-state index in [0.29, 0.717) is 48.0 Å². The molecule has 0 N–H and O–H groups in total. The summed E-state index contributed by atoms with van der Waals surface area (Å²) in [4.78, 5) is 31.5. The van der Waals surface area contributed by atoms with Gasteiger partial charge in [-0.15, -0.1) is 0 Å². The van der Waals surface area contributed by atoms with Crippen LogP contribution in [0.3, 0.4) is 0 Å². The van der Waals surface area contributed by atoms with Gasteiger partial charge in [-0.3, -0.25) is 4.99 Å². The fourth-order valence-corrected chi connectivity index (χ4v) is 6.99. The quantitative estimate of drug-likeness (QED) is 0.0204. The van der Waals surface area contributed by atoms with Gasteiger partial charge in [0.25, 0.3) is 0 Å². The van der Waals surface area contributed by atoms with Crippen molar-refractivity contribution in [3.8, 4) is 28.7 Å². The average Bonchev–Trinajstić information content (AvgIpc) is 3.29. The molecule has 4 rings (SSSR count). The molecule has 8 heteroatoms. The minimum absolute atomic E-state index is 0.0929. The molecule has 0 saturated carbocycles. The molecule has 0 bridgehead atoms. The largest absolute Gasteiger partial charge is 0.494 e. The molecular weight excluding hydrogens is 775 g/mol. The number of carbonyl (C=O) groups is 2. The van der Waals surface area contributed by atoms with Crippen molar-refractivity contribution in [1.29, 1.82) is 0 Å². The summed E-state index contributed by atoms with van der Waals surface area (Å²) in [5.41, 5.74) is 2.08. The van der Waals surface area contributed by atoms with E-state index >= 15 is 0 Å². The number of unbranched alkanes of at least 4 members (excludes halogenated alkanes) is 18. The van der Waals surface area contributed by atoms with E-state index in [-0.39, 0.29) is 11.5 Å². The molecule has 0 atom stereocenters. The highest BCUT2D eigenvalue weighted by Gasteiger charge is 2.18. The van der Waals surface area contributed by atoms with Gasteiger partial charge in [0.1, 0.15) is 17.2 Å². The van der Waals surface area contributed by atoms with Crippen molar-refractivity contribution >= 4 is 23.8 Å². The first-order chi connectivity index (χ1) is 30.5. The number of ether oxygens (including phenoxy) is 5. The summed E-state index contributed by atoms with van der Waals surface area (Å²) in [6, 6.07) is 26.5. The molecule has 0 aliphatic rings. The zero-order chi connectivity index (χ0) is 43.9. The summed E-state index contributed by atoms with van der Waals surface area (Å²) in [5.74, 6) is 1.23. The number of aliphatic imine (C=N–C) groups is 1. The first kappa shape index (κ1) is 49.5. The Morgan fingerprint density at radius 3 is 1.18 bits per heavy atom. The number of carbonyl (C=O) groups excluding carboxylic acids is 2. The van der Waals surface area contributed by atoms with Crippen molar-refractivity contribution in [1.82, 2.24) is 0 Å². The molecule has 0 amide bonds. The predicted molar refractivity (Wildman–Crippen MR) is 253 cm³/mol. The average molecular weight is 848 g/mol. The van der Waals surface area contributed by atoms with Gasteiger partial charge in [-0.2, -0.15) is 0 Å². The molecule has 8 nitrogen and oxygen atoms in total. The Labute approximate surface area is 372 Å². The minimum Gasteiger partial charge on any atom is -0.494 e. The van der Waals surface area contributed by atoms with E-state index < -0.39 is 11.9 Å². The molecule has 0 unspecified atom stereocenters. The first-order valence-corrected chi connectivity index (χ1v) is 23.8. The van der Waals surface area contributed by atoms with Crippen LogP contribution in [0.15, 0.2) is 96.0 Å². The summed E-state index contributed by atoms with van der Waals surface area (Å²) in [5, 5.41) is 0. The Balaban J connectivity index is 1.37. The molecule has 0 fully saturated rings. The fraction of sp³-hybridized carbons (Fsp3) is 0.500. The molecule has 0 radical (unpaired) electrons. The third-order valence-corrected chi connectivity index (χ3v) is 10.8. The van der Waals surface area contributed by atoms with Crippen LogP contribution in [0.1, 0.15) is 182 Å². The molecule has 336 valence electrons. The van der Waals surface area contributed by atoms with Gasteiger partial charge in [0, 0.05) is 6.21 Å². The van der Waals surface area contributed by atoms with Crippen LogP contribution in [-0.2, 0) is 0 Å². The van der Waals surface area contributed by atoms with E-state index in [1.807, 2.05) is 24.3 Å². The van der Waals surface area contributed by atoms with E-state index in [1.165, 1.54) is 103 Å². The molecule has 0 saturated heterocycles. The lowest BCUT2D eigenvalue weighted by atomic mass is 10.1. The van der Waals surface area contributed by atoms with Crippen molar-refractivity contribution in [2.75, 3.05) is 19.8 Å². The lowest BCUT2D eigenvalue weighted by Gasteiger charge is -2.12. The molecule has 4 aromatic carbocycles. The van der Waals surface area contributed by atoms with Crippen molar-refractivity contribution in [2.24, 2.45) is 4.99 Å². The highest BCUT2D eigenvalue weighted by Crippen LogP contribution is 2.31. The highest BCUT2D eigenvalue weighted by atomic mass is 16.6. The number of benzene rings is 4. The van der Waals surface area contributed by atoms with E-state index in [1.54, 1.807) is 72.9 Å². The van der Waals surface area contributed by atoms with Gasteiger partial charge < -0.3 is 23.7 Å². The maximum atomic E-state index is 13.5. The van der Waals surface area contributed by atoms with Gasteiger partial charge >= 0.3 is 11.9 Å². The van der Waals surface area contributed by atoms with Gasteiger partial charge in [0.2, 0.25) is 0 Å². The van der Waals surface area contributed by atoms with Crippen LogP contribution < -0.4 is 23.7 Å². The second-order valence-corrected chi connectivity index (χ2v) is 16.2. The third-order valence-electron chi connectivity index (χ3n) is 10.8. The Kier molecular flexibility index (Phi) is 24.6. The minimum atomic E-state index is -0.593. The van der Waals surface area contributed by atoms with Gasteiger partial charge in [-0.05, 0) is 116 Å². The number of rotatable bonds is 33. The van der Waals surface area contributed by atoms with Gasteiger partial charge in [-0.1, -0.05) is 136 Å². The van der Waals surface area contributed by atoms with E-state index in [4.69, 9.17) is 23.7 Å². The Hall–Kier alpha value is -5.11. The summed E-state index contributed by atoms with van der Waals surface area (Å²) >= 11 is 0. The van der Waals surface area contributed by atoms with Gasteiger partial charge in [0.05, 0.1) is 36.6 Å². The molecular formula is C54H73NO7. The predicted octanol–water partition coefficient (Wildman–Crippen LogP) is 15.3. The SMILES string of the molecule is CCCCCCCCCOc1ccc(N=Cc2ccc(OC(=O)c3ccc(OCCCCCCCCC)cc3)c(OC(=O)c3ccc(OCCCCCCCCC)cc3)c2)cc1. The van der Waals surface area contributed by atoms with Crippen LogP contribution in [0.5, 0.6) is 28.7 Å². The number of esters is 2. The van der Waals surface area contributed by atoms with Crippen LogP contribution in [-0.4, -0.2) is 38.0 Å². The van der Waals surface area contributed by atoms with Gasteiger partial charge in [0.15, 0.2) is 11.5 Å². The normalized spacial score (nSPS) is 11.1. The van der Waals surface area contributed by atoms with Crippen molar-refractivity contribution in [2.45, 2.75) is 156 Å². The Bertz CT molecular complexity index is 1840. The van der Waals surface area contributed by atoms with Crippen molar-refractivity contribution < 1.29 is 33.3 Å². The summed E-state index contributed by atoms with van der Waals surface area (Å²) in [6.45, 7) is 8.66. The first-order valence-electron chi connectivity index (χ1n) is 23.8. The van der Waals surface area contributed by atoms with E-state index in [9.17, 15) is 9.59 Å². The lowest BCUT2D eigenvalue weighted by molar-refractivity contribution is 0.0682. The fourth-order valence-electron chi connectivity index (χ4n) is 6.99. The standard InChI is InChI=1S/C54H73NO7/c1-4-7-10-13-16-19-22-39-58-48-32-26-45(27-33-48)53(56)61-51-38-25-44(43-55-47-30-36-50(37-31-47)60-41-24-21-18-15-12-9-6-3)42-52(51)62-54(57)46-28-34-49(35-29-46)59-40-23-20-17-14-11-8-5-2/h25-38,42-43H,4-24,39-41H2,1-3H3. The maximum absolute atomic E-state index is 13.5. The van der Waals surface area contributed by atoms with Gasteiger partial charge in [-0.25, -0.2) is 9.59 Å². The Morgan fingerprint density at radius 1 is 0.419 bits per heavy atom.